The standard InChI is InChI=1S/C22H22ClN5O5S2/c1-10-9-34-19(24-10)16-14-15(26(3)21(30)27(4)20(14)29)17-18(12-5-6-13(23)33-12)35-11(8-28(16)17)7-25(2)22(31)32/h5-6,9,11,18H,7-8H2,1-4H3,(H,31,32). The lowest BCUT2D eigenvalue weighted by Crippen LogP contribution is -2.37. The van der Waals surface area contributed by atoms with Crippen LogP contribution in [-0.2, 0) is 20.6 Å². The van der Waals surface area contributed by atoms with Crippen molar-refractivity contribution < 1.29 is 14.3 Å². The fourth-order valence-electron chi connectivity index (χ4n) is 4.54. The number of thioether (sulfide) groups is 1. The molecule has 0 saturated carbocycles. The predicted octanol–water partition coefficient (Wildman–Crippen LogP) is 3.53. The van der Waals surface area contributed by atoms with Crippen LogP contribution in [0.5, 0.6) is 0 Å². The molecule has 0 fully saturated rings. The molecule has 5 rings (SSSR count). The average molecular weight is 536 g/mol. The van der Waals surface area contributed by atoms with Gasteiger partial charge in [-0.2, -0.15) is 0 Å². The maximum absolute atomic E-state index is 13.5. The number of nitrogens with zero attached hydrogens (tertiary/aromatic N) is 5. The first-order chi connectivity index (χ1) is 16.6. The van der Waals surface area contributed by atoms with Gasteiger partial charge in [-0.05, 0) is 30.7 Å². The molecule has 0 aromatic carbocycles. The second kappa shape index (κ2) is 8.61. The van der Waals surface area contributed by atoms with Crippen LogP contribution in [-0.4, -0.2) is 53.6 Å². The van der Waals surface area contributed by atoms with E-state index in [4.69, 9.17) is 16.0 Å². The van der Waals surface area contributed by atoms with E-state index in [0.717, 1.165) is 16.0 Å². The number of rotatable bonds is 4. The van der Waals surface area contributed by atoms with Gasteiger partial charge in [0.25, 0.3) is 5.56 Å². The summed E-state index contributed by atoms with van der Waals surface area (Å²) in [5.74, 6) is 0.554. The van der Waals surface area contributed by atoms with Gasteiger partial charge in [-0.15, -0.1) is 23.1 Å². The summed E-state index contributed by atoms with van der Waals surface area (Å²) in [6.07, 6.45) is -1.03. The number of carbonyl (C=O) groups is 1. The number of aromatic nitrogens is 4. The van der Waals surface area contributed by atoms with E-state index >= 15 is 0 Å². The maximum atomic E-state index is 13.5. The van der Waals surface area contributed by atoms with E-state index in [1.165, 1.54) is 46.7 Å². The zero-order valence-electron chi connectivity index (χ0n) is 19.3. The molecule has 1 amide bonds. The average Bonchev–Trinajstić information content (AvgIpc) is 3.52. The summed E-state index contributed by atoms with van der Waals surface area (Å²) < 4.78 is 10.4. The van der Waals surface area contributed by atoms with E-state index in [9.17, 15) is 19.5 Å². The van der Waals surface area contributed by atoms with Gasteiger partial charge in [0, 0.05) is 50.6 Å². The number of hydrogen-bond donors (Lipinski definition) is 1. The lowest BCUT2D eigenvalue weighted by atomic mass is 10.2. The summed E-state index contributed by atoms with van der Waals surface area (Å²) >= 11 is 9.05. The van der Waals surface area contributed by atoms with Crippen molar-refractivity contribution >= 4 is 51.7 Å². The minimum atomic E-state index is -1.03. The van der Waals surface area contributed by atoms with Crippen molar-refractivity contribution in [3.63, 3.8) is 0 Å². The van der Waals surface area contributed by atoms with Crippen molar-refractivity contribution in [1.82, 2.24) is 23.6 Å². The zero-order chi connectivity index (χ0) is 25.2. The van der Waals surface area contributed by atoms with Crippen molar-refractivity contribution in [3.8, 4) is 10.7 Å². The third kappa shape index (κ3) is 3.80. The summed E-state index contributed by atoms with van der Waals surface area (Å²) in [5, 5.41) is 12.0. The number of fused-ring (bicyclic) bond motifs is 3. The molecule has 2 unspecified atom stereocenters. The molecule has 2 atom stereocenters. The SMILES string of the molecule is Cc1csc(-c2c3c(=O)n(C)c(=O)n(C)c3c3n2CC(CN(C)C(=O)O)SC3c2ccc(Cl)o2)n1. The summed E-state index contributed by atoms with van der Waals surface area (Å²) in [7, 11) is 4.62. The lowest BCUT2D eigenvalue weighted by molar-refractivity contribution is 0.155. The first-order valence-corrected chi connectivity index (χ1v) is 12.9. The van der Waals surface area contributed by atoms with Gasteiger partial charge in [-0.25, -0.2) is 14.6 Å². The molecule has 1 aliphatic heterocycles. The first kappa shape index (κ1) is 23.8. The third-order valence-electron chi connectivity index (χ3n) is 6.15. The molecule has 13 heteroatoms. The van der Waals surface area contributed by atoms with Crippen LogP contribution >= 0.6 is 34.7 Å². The highest BCUT2D eigenvalue weighted by Gasteiger charge is 2.39. The van der Waals surface area contributed by atoms with Crippen LogP contribution in [0, 0.1) is 6.92 Å². The van der Waals surface area contributed by atoms with Crippen molar-refractivity contribution in [2.24, 2.45) is 14.1 Å². The number of hydrogen-bond acceptors (Lipinski definition) is 7. The Balaban J connectivity index is 1.87. The van der Waals surface area contributed by atoms with E-state index in [0.29, 0.717) is 33.9 Å². The summed E-state index contributed by atoms with van der Waals surface area (Å²) in [4.78, 5) is 43.9. The molecule has 0 bridgehead atoms. The molecule has 1 aliphatic rings. The molecular weight excluding hydrogens is 514 g/mol. The van der Waals surface area contributed by atoms with Crippen LogP contribution in [0.3, 0.4) is 0 Å². The predicted molar refractivity (Wildman–Crippen MR) is 136 cm³/mol. The lowest BCUT2D eigenvalue weighted by Gasteiger charge is -2.32. The van der Waals surface area contributed by atoms with Crippen molar-refractivity contribution in [2.45, 2.75) is 24.0 Å². The van der Waals surface area contributed by atoms with Gasteiger partial charge < -0.3 is 19.0 Å². The Morgan fingerprint density at radius 1 is 1.31 bits per heavy atom. The molecule has 10 nitrogen and oxygen atoms in total. The second-order valence-electron chi connectivity index (χ2n) is 8.51. The smallest absolute Gasteiger partial charge is 0.407 e. The molecule has 0 spiro atoms. The Labute approximate surface area is 212 Å². The van der Waals surface area contributed by atoms with E-state index < -0.39 is 22.6 Å². The van der Waals surface area contributed by atoms with E-state index in [1.54, 1.807) is 19.2 Å². The highest BCUT2D eigenvalue weighted by atomic mass is 35.5. The molecule has 184 valence electrons. The largest absolute Gasteiger partial charge is 0.465 e. The van der Waals surface area contributed by atoms with Crippen LogP contribution < -0.4 is 11.2 Å². The minimum Gasteiger partial charge on any atom is -0.465 e. The van der Waals surface area contributed by atoms with Gasteiger partial charge in [-0.3, -0.25) is 13.9 Å². The number of halogens is 1. The van der Waals surface area contributed by atoms with Crippen molar-refractivity contribution in [3.05, 3.63) is 60.7 Å². The van der Waals surface area contributed by atoms with Gasteiger partial charge in [0.15, 0.2) is 5.22 Å². The molecule has 1 N–H and O–H groups in total. The molecule has 4 aromatic heterocycles. The molecule has 0 aliphatic carbocycles. The quantitative estimate of drug-likeness (QED) is 0.425. The normalized spacial score (nSPS) is 17.6. The number of furan rings is 1. The van der Waals surface area contributed by atoms with Gasteiger partial charge in [0.05, 0.1) is 22.3 Å². The van der Waals surface area contributed by atoms with E-state index in [-0.39, 0.29) is 17.0 Å². The van der Waals surface area contributed by atoms with Crippen LogP contribution in [0.2, 0.25) is 5.22 Å². The highest BCUT2D eigenvalue weighted by Crippen LogP contribution is 2.49. The Hall–Kier alpha value is -2.96. The van der Waals surface area contributed by atoms with Crippen LogP contribution in [0.4, 0.5) is 4.79 Å². The molecule has 0 radical (unpaired) electrons. The number of carboxylic acid groups (broad SMARTS) is 1. The van der Waals surface area contributed by atoms with Crippen molar-refractivity contribution in [2.75, 3.05) is 13.6 Å². The van der Waals surface area contributed by atoms with Gasteiger partial charge in [-0.1, -0.05) is 0 Å². The fraction of sp³-hybridized carbons (Fsp3) is 0.364. The van der Waals surface area contributed by atoms with E-state index in [1.807, 2.05) is 16.9 Å². The molecule has 35 heavy (non-hydrogen) atoms. The first-order valence-electron chi connectivity index (χ1n) is 10.7. The fourth-order valence-corrected chi connectivity index (χ4v) is 7.11. The number of thiazole rings is 1. The second-order valence-corrected chi connectivity index (χ2v) is 11.2. The topological polar surface area (TPSA) is 116 Å². The van der Waals surface area contributed by atoms with Gasteiger partial charge in [0.2, 0.25) is 0 Å². The summed E-state index contributed by atoms with van der Waals surface area (Å²) in [6, 6.07) is 3.40. The molecular formula is C22H22ClN5O5S2. The highest BCUT2D eigenvalue weighted by molar-refractivity contribution is 8.00. The third-order valence-corrected chi connectivity index (χ3v) is 8.73. The number of amides is 1. The van der Waals surface area contributed by atoms with Gasteiger partial charge >= 0.3 is 11.8 Å². The Bertz CT molecular complexity index is 1600. The molecule has 0 saturated heterocycles. The minimum absolute atomic E-state index is 0.167. The number of aryl methyl sites for hydroxylation is 2. The Kier molecular flexibility index (Phi) is 5.85. The molecule has 5 heterocycles. The van der Waals surface area contributed by atoms with Crippen LogP contribution in [0.1, 0.15) is 22.4 Å². The Morgan fingerprint density at radius 2 is 2.06 bits per heavy atom. The van der Waals surface area contributed by atoms with Crippen molar-refractivity contribution in [1.29, 1.82) is 0 Å². The molecule has 4 aromatic rings. The van der Waals surface area contributed by atoms with Crippen LogP contribution in [0.15, 0.2) is 31.5 Å². The summed E-state index contributed by atoms with van der Waals surface area (Å²) in [6.45, 7) is 2.55. The van der Waals surface area contributed by atoms with E-state index in [2.05, 4.69) is 4.98 Å². The van der Waals surface area contributed by atoms with Crippen LogP contribution in [0.25, 0.3) is 21.6 Å². The monoisotopic (exact) mass is 535 g/mol. The maximum Gasteiger partial charge on any atom is 0.407 e. The zero-order valence-corrected chi connectivity index (χ0v) is 21.7. The van der Waals surface area contributed by atoms with Gasteiger partial charge in [0.1, 0.15) is 16.0 Å². The summed E-state index contributed by atoms with van der Waals surface area (Å²) in [5.41, 5.74) is 1.83. The Morgan fingerprint density at radius 3 is 2.66 bits per heavy atom.